The zero-order chi connectivity index (χ0) is 14.9. The van der Waals surface area contributed by atoms with Crippen molar-refractivity contribution in [1.29, 1.82) is 0 Å². The smallest absolute Gasteiger partial charge is 0.165 e. The zero-order valence-electron chi connectivity index (χ0n) is 12.0. The second-order valence-corrected chi connectivity index (χ2v) is 5.02. The van der Waals surface area contributed by atoms with Crippen molar-refractivity contribution in [2.75, 3.05) is 0 Å². The van der Waals surface area contributed by atoms with Gasteiger partial charge in [0.2, 0.25) is 0 Å². The normalized spacial score (nSPS) is 11.0. The van der Waals surface area contributed by atoms with Crippen LogP contribution < -0.4 is 0 Å². The van der Waals surface area contributed by atoms with E-state index in [2.05, 4.69) is 15.0 Å². The van der Waals surface area contributed by atoms with Gasteiger partial charge in [-0.2, -0.15) is 9.78 Å². The Balaban J connectivity index is 2.01. The third-order valence-corrected chi connectivity index (χ3v) is 3.50. The number of benzene rings is 1. The topological polar surface area (TPSA) is 56.5 Å². The molecule has 4 aromatic rings. The molecule has 0 fully saturated rings. The van der Waals surface area contributed by atoms with Gasteiger partial charge < -0.3 is 0 Å². The summed E-state index contributed by atoms with van der Waals surface area (Å²) >= 11 is 0. The molecule has 0 aliphatic carbocycles. The van der Waals surface area contributed by atoms with Gasteiger partial charge >= 0.3 is 0 Å². The van der Waals surface area contributed by atoms with Gasteiger partial charge in [-0.05, 0) is 19.1 Å². The SMILES string of the molecule is Cc1cc(-n2nc(-c3ccccc3)c3cccnc32)ncn1. The Morgan fingerprint density at radius 1 is 0.909 bits per heavy atom. The number of nitrogens with zero attached hydrogens (tertiary/aromatic N) is 5. The van der Waals surface area contributed by atoms with Crippen LogP contribution in [-0.2, 0) is 0 Å². The van der Waals surface area contributed by atoms with Gasteiger partial charge in [-0.1, -0.05) is 30.3 Å². The minimum atomic E-state index is 0.721. The van der Waals surface area contributed by atoms with Crippen LogP contribution in [0.3, 0.4) is 0 Å². The van der Waals surface area contributed by atoms with Crippen molar-refractivity contribution in [2.24, 2.45) is 0 Å². The highest BCUT2D eigenvalue weighted by atomic mass is 15.3. The van der Waals surface area contributed by atoms with E-state index in [1.807, 2.05) is 55.5 Å². The molecule has 5 nitrogen and oxygen atoms in total. The zero-order valence-corrected chi connectivity index (χ0v) is 12.0. The third kappa shape index (κ3) is 2.03. The molecule has 3 heterocycles. The lowest BCUT2D eigenvalue weighted by atomic mass is 10.1. The number of aryl methyl sites for hydroxylation is 1. The Bertz CT molecular complexity index is 944. The number of fused-ring (bicyclic) bond motifs is 1. The van der Waals surface area contributed by atoms with Crippen LogP contribution in [0.1, 0.15) is 5.69 Å². The molecule has 4 rings (SSSR count). The first-order valence-electron chi connectivity index (χ1n) is 7.01. The molecular weight excluding hydrogens is 274 g/mol. The summed E-state index contributed by atoms with van der Waals surface area (Å²) in [5.74, 6) is 0.721. The highest BCUT2D eigenvalue weighted by molar-refractivity contribution is 5.91. The molecule has 1 aromatic carbocycles. The first-order chi connectivity index (χ1) is 10.8. The van der Waals surface area contributed by atoms with Crippen LogP contribution in [0.2, 0.25) is 0 Å². The molecule has 0 aliphatic heterocycles. The largest absolute Gasteiger partial charge is 0.242 e. The summed E-state index contributed by atoms with van der Waals surface area (Å²) in [7, 11) is 0. The average molecular weight is 287 g/mol. The lowest BCUT2D eigenvalue weighted by Crippen LogP contribution is -2.01. The van der Waals surface area contributed by atoms with Crippen LogP contribution in [0.15, 0.2) is 61.1 Å². The van der Waals surface area contributed by atoms with Crippen molar-refractivity contribution in [3.63, 3.8) is 0 Å². The molecule has 0 radical (unpaired) electrons. The lowest BCUT2D eigenvalue weighted by Gasteiger charge is -2.01. The fourth-order valence-electron chi connectivity index (χ4n) is 2.48. The standard InChI is InChI=1S/C17H13N5/c1-12-10-15(20-11-19-12)22-17-14(8-5-9-18-17)16(21-22)13-6-3-2-4-7-13/h2-11H,1H3. The number of rotatable bonds is 2. The summed E-state index contributed by atoms with van der Waals surface area (Å²) in [6, 6.07) is 15.9. The van der Waals surface area contributed by atoms with Crippen molar-refractivity contribution < 1.29 is 0 Å². The van der Waals surface area contributed by atoms with E-state index in [4.69, 9.17) is 5.10 Å². The van der Waals surface area contributed by atoms with E-state index in [1.54, 1.807) is 17.2 Å². The lowest BCUT2D eigenvalue weighted by molar-refractivity contribution is 0.853. The van der Waals surface area contributed by atoms with Crippen molar-refractivity contribution in [3.05, 3.63) is 66.7 Å². The van der Waals surface area contributed by atoms with Crippen molar-refractivity contribution in [1.82, 2.24) is 24.7 Å². The maximum absolute atomic E-state index is 4.73. The summed E-state index contributed by atoms with van der Waals surface area (Å²) in [6.45, 7) is 1.93. The van der Waals surface area contributed by atoms with Crippen LogP contribution in [0.4, 0.5) is 0 Å². The van der Waals surface area contributed by atoms with Crippen molar-refractivity contribution in [3.8, 4) is 17.1 Å². The predicted octanol–water partition coefficient (Wildman–Crippen LogP) is 3.19. The average Bonchev–Trinajstić information content (AvgIpc) is 2.95. The number of pyridine rings is 1. The fourth-order valence-corrected chi connectivity index (χ4v) is 2.48. The van der Waals surface area contributed by atoms with Gasteiger partial charge in [-0.15, -0.1) is 0 Å². The van der Waals surface area contributed by atoms with Gasteiger partial charge in [0.15, 0.2) is 11.5 Å². The summed E-state index contributed by atoms with van der Waals surface area (Å²) < 4.78 is 1.77. The minimum Gasteiger partial charge on any atom is -0.242 e. The van der Waals surface area contributed by atoms with Gasteiger partial charge in [0.05, 0.1) is 0 Å². The molecule has 5 heteroatoms. The molecule has 0 unspecified atom stereocenters. The minimum absolute atomic E-state index is 0.721. The van der Waals surface area contributed by atoms with Crippen molar-refractivity contribution >= 4 is 11.0 Å². The maximum Gasteiger partial charge on any atom is 0.165 e. The second-order valence-electron chi connectivity index (χ2n) is 5.02. The first kappa shape index (κ1) is 12.6. The Labute approximate surface area is 127 Å². The monoisotopic (exact) mass is 287 g/mol. The van der Waals surface area contributed by atoms with Crippen LogP contribution in [0.25, 0.3) is 28.1 Å². The summed E-state index contributed by atoms with van der Waals surface area (Å²) in [5, 5.41) is 5.74. The summed E-state index contributed by atoms with van der Waals surface area (Å²) in [6.07, 6.45) is 3.31. The van der Waals surface area contributed by atoms with Gasteiger partial charge in [0.1, 0.15) is 12.0 Å². The Morgan fingerprint density at radius 2 is 1.77 bits per heavy atom. The van der Waals surface area contributed by atoms with E-state index in [9.17, 15) is 0 Å². The Hall–Kier alpha value is -3.08. The molecule has 0 amide bonds. The highest BCUT2D eigenvalue weighted by Gasteiger charge is 2.14. The maximum atomic E-state index is 4.73. The predicted molar refractivity (Wildman–Crippen MR) is 84.6 cm³/mol. The van der Waals surface area contributed by atoms with E-state index >= 15 is 0 Å². The van der Waals surface area contributed by atoms with Crippen molar-refractivity contribution in [2.45, 2.75) is 6.92 Å². The van der Waals surface area contributed by atoms with Gasteiger partial charge in [-0.3, -0.25) is 0 Å². The Morgan fingerprint density at radius 3 is 2.59 bits per heavy atom. The Kier molecular flexibility index (Phi) is 2.89. The van der Waals surface area contributed by atoms with E-state index in [0.717, 1.165) is 33.8 Å². The van der Waals surface area contributed by atoms with Gasteiger partial charge in [0, 0.05) is 28.9 Å². The van der Waals surface area contributed by atoms with Crippen LogP contribution >= 0.6 is 0 Å². The molecule has 22 heavy (non-hydrogen) atoms. The molecule has 0 atom stereocenters. The molecule has 0 saturated carbocycles. The van der Waals surface area contributed by atoms with E-state index in [0.29, 0.717) is 0 Å². The fraction of sp³-hybridized carbons (Fsp3) is 0.0588. The van der Waals surface area contributed by atoms with Gasteiger partial charge in [-0.25, -0.2) is 15.0 Å². The molecular formula is C17H13N5. The third-order valence-electron chi connectivity index (χ3n) is 3.50. The van der Waals surface area contributed by atoms with E-state index in [1.165, 1.54) is 0 Å². The quantitative estimate of drug-likeness (QED) is 0.568. The molecule has 0 aliphatic rings. The summed E-state index contributed by atoms with van der Waals surface area (Å²) in [5.41, 5.74) is 3.65. The first-order valence-corrected chi connectivity index (χ1v) is 7.01. The van der Waals surface area contributed by atoms with Crippen LogP contribution in [0, 0.1) is 6.92 Å². The molecule has 3 aromatic heterocycles. The molecule has 106 valence electrons. The molecule has 0 saturated heterocycles. The molecule has 0 bridgehead atoms. The summed E-state index contributed by atoms with van der Waals surface area (Å²) in [4.78, 5) is 12.9. The number of hydrogen-bond donors (Lipinski definition) is 0. The number of hydrogen-bond acceptors (Lipinski definition) is 4. The highest BCUT2D eigenvalue weighted by Crippen LogP contribution is 2.27. The molecule has 0 spiro atoms. The number of aromatic nitrogens is 5. The molecule has 0 N–H and O–H groups in total. The second kappa shape index (κ2) is 5.04. The van der Waals surface area contributed by atoms with E-state index < -0.39 is 0 Å². The van der Waals surface area contributed by atoms with E-state index in [-0.39, 0.29) is 0 Å². The van der Waals surface area contributed by atoms with Gasteiger partial charge in [0.25, 0.3) is 0 Å². The van der Waals surface area contributed by atoms with Crippen LogP contribution in [-0.4, -0.2) is 24.7 Å². The van der Waals surface area contributed by atoms with Crippen LogP contribution in [0.5, 0.6) is 0 Å².